The van der Waals surface area contributed by atoms with Crippen LogP contribution in [0.3, 0.4) is 0 Å². The Bertz CT molecular complexity index is 467. The standard InChI is InChI=1S/C12H16N2O4/c1-2-18-11(15)6-9-7-14-4-3-8(12(16)17)5-10(14)13-9/h7-8H,2-6H2,1H3,(H,16,17). The van der Waals surface area contributed by atoms with Crippen LogP contribution in [0.15, 0.2) is 6.20 Å². The van der Waals surface area contributed by atoms with Crippen molar-refractivity contribution >= 4 is 11.9 Å². The van der Waals surface area contributed by atoms with Crippen LogP contribution >= 0.6 is 0 Å². The predicted octanol–water partition coefficient (Wildman–Crippen LogP) is 0.636. The first-order valence-electron chi connectivity index (χ1n) is 6.03. The first-order chi connectivity index (χ1) is 8.60. The van der Waals surface area contributed by atoms with Gasteiger partial charge in [-0.15, -0.1) is 0 Å². The van der Waals surface area contributed by atoms with E-state index in [0.29, 0.717) is 31.7 Å². The van der Waals surface area contributed by atoms with E-state index in [1.807, 2.05) is 10.8 Å². The molecule has 0 saturated carbocycles. The molecule has 0 aliphatic carbocycles. The molecule has 0 aromatic carbocycles. The lowest BCUT2D eigenvalue weighted by atomic mass is 9.98. The number of aliphatic carboxylic acids is 1. The molecule has 98 valence electrons. The van der Waals surface area contributed by atoms with E-state index in [1.54, 1.807) is 6.92 Å². The maximum Gasteiger partial charge on any atom is 0.311 e. The fourth-order valence-corrected chi connectivity index (χ4v) is 2.14. The van der Waals surface area contributed by atoms with E-state index < -0.39 is 5.97 Å². The van der Waals surface area contributed by atoms with Crippen LogP contribution in [0.2, 0.25) is 0 Å². The van der Waals surface area contributed by atoms with Gasteiger partial charge >= 0.3 is 11.9 Å². The molecular formula is C12H16N2O4. The first-order valence-corrected chi connectivity index (χ1v) is 6.03. The summed E-state index contributed by atoms with van der Waals surface area (Å²) in [4.78, 5) is 26.6. The molecule has 1 aromatic rings. The summed E-state index contributed by atoms with van der Waals surface area (Å²) >= 11 is 0. The molecule has 6 heteroatoms. The van der Waals surface area contributed by atoms with Gasteiger partial charge in [0.1, 0.15) is 5.82 Å². The van der Waals surface area contributed by atoms with Crippen LogP contribution in [0.5, 0.6) is 0 Å². The van der Waals surface area contributed by atoms with E-state index in [9.17, 15) is 9.59 Å². The molecule has 0 radical (unpaired) electrons. The summed E-state index contributed by atoms with van der Waals surface area (Å²) in [6.07, 6.45) is 2.99. The molecular weight excluding hydrogens is 236 g/mol. The van der Waals surface area contributed by atoms with Gasteiger partial charge in [0.2, 0.25) is 0 Å². The normalized spacial score (nSPS) is 18.2. The van der Waals surface area contributed by atoms with Crippen LogP contribution in [-0.2, 0) is 33.7 Å². The highest BCUT2D eigenvalue weighted by atomic mass is 16.5. The summed E-state index contributed by atoms with van der Waals surface area (Å²) in [5.41, 5.74) is 0.648. The van der Waals surface area contributed by atoms with Gasteiger partial charge < -0.3 is 14.4 Å². The van der Waals surface area contributed by atoms with E-state index >= 15 is 0 Å². The lowest BCUT2D eigenvalue weighted by Gasteiger charge is -2.19. The summed E-state index contributed by atoms with van der Waals surface area (Å²) < 4.78 is 6.78. The molecule has 1 N–H and O–H groups in total. The van der Waals surface area contributed by atoms with Gasteiger partial charge in [-0.1, -0.05) is 0 Å². The first kappa shape index (κ1) is 12.6. The zero-order valence-corrected chi connectivity index (χ0v) is 10.3. The Balaban J connectivity index is 2.05. The number of imidazole rings is 1. The van der Waals surface area contributed by atoms with E-state index in [0.717, 1.165) is 5.82 Å². The number of carbonyl (C=O) groups excluding carboxylic acids is 1. The van der Waals surface area contributed by atoms with Crippen molar-refractivity contribution in [3.63, 3.8) is 0 Å². The van der Waals surface area contributed by atoms with Gasteiger partial charge in [0.05, 0.1) is 24.6 Å². The van der Waals surface area contributed by atoms with Crippen molar-refractivity contribution in [1.82, 2.24) is 9.55 Å². The molecule has 0 amide bonds. The zero-order valence-electron chi connectivity index (χ0n) is 10.3. The van der Waals surface area contributed by atoms with Gasteiger partial charge in [0.15, 0.2) is 0 Å². The van der Waals surface area contributed by atoms with Gasteiger partial charge in [-0.05, 0) is 13.3 Å². The summed E-state index contributed by atoms with van der Waals surface area (Å²) in [5, 5.41) is 8.97. The molecule has 1 aliphatic heterocycles. The molecule has 18 heavy (non-hydrogen) atoms. The number of rotatable bonds is 4. The van der Waals surface area contributed by atoms with Crippen LogP contribution < -0.4 is 0 Å². The Labute approximate surface area is 105 Å². The average Bonchev–Trinajstić information content (AvgIpc) is 2.69. The van der Waals surface area contributed by atoms with Gasteiger partial charge in [0, 0.05) is 19.2 Å². The number of hydrogen-bond acceptors (Lipinski definition) is 4. The third-order valence-corrected chi connectivity index (χ3v) is 3.04. The summed E-state index contributed by atoms with van der Waals surface area (Å²) in [7, 11) is 0. The molecule has 1 unspecified atom stereocenters. The fourth-order valence-electron chi connectivity index (χ4n) is 2.14. The van der Waals surface area contributed by atoms with Crippen molar-refractivity contribution in [3.05, 3.63) is 17.7 Å². The van der Waals surface area contributed by atoms with E-state index in [1.165, 1.54) is 0 Å². The second-order valence-electron chi connectivity index (χ2n) is 4.35. The summed E-state index contributed by atoms with van der Waals surface area (Å²) in [6, 6.07) is 0. The van der Waals surface area contributed by atoms with E-state index in [-0.39, 0.29) is 18.3 Å². The molecule has 6 nitrogen and oxygen atoms in total. The van der Waals surface area contributed by atoms with Gasteiger partial charge in [0.25, 0.3) is 0 Å². The molecule has 0 spiro atoms. The number of esters is 1. The summed E-state index contributed by atoms with van der Waals surface area (Å²) in [5.74, 6) is -0.706. The van der Waals surface area contributed by atoms with Crippen molar-refractivity contribution < 1.29 is 19.4 Å². The Morgan fingerprint density at radius 1 is 1.61 bits per heavy atom. The summed E-state index contributed by atoms with van der Waals surface area (Å²) in [6.45, 7) is 2.75. The Morgan fingerprint density at radius 3 is 3.06 bits per heavy atom. The number of carboxylic acids is 1. The maximum atomic E-state index is 11.3. The minimum atomic E-state index is -0.781. The second kappa shape index (κ2) is 5.20. The molecule has 1 aliphatic rings. The molecule has 1 atom stereocenters. The van der Waals surface area contributed by atoms with Gasteiger partial charge in [-0.3, -0.25) is 9.59 Å². The van der Waals surface area contributed by atoms with Crippen molar-refractivity contribution in [2.45, 2.75) is 32.7 Å². The van der Waals surface area contributed by atoms with Crippen molar-refractivity contribution in [2.24, 2.45) is 5.92 Å². The zero-order chi connectivity index (χ0) is 13.1. The van der Waals surface area contributed by atoms with E-state index in [2.05, 4.69) is 4.98 Å². The number of aryl methyl sites for hydroxylation is 1. The Morgan fingerprint density at radius 2 is 2.39 bits per heavy atom. The van der Waals surface area contributed by atoms with Crippen molar-refractivity contribution in [2.75, 3.05) is 6.61 Å². The van der Waals surface area contributed by atoms with Gasteiger partial charge in [-0.25, -0.2) is 4.98 Å². The van der Waals surface area contributed by atoms with Crippen molar-refractivity contribution in [3.8, 4) is 0 Å². The van der Waals surface area contributed by atoms with E-state index in [4.69, 9.17) is 9.84 Å². The SMILES string of the molecule is CCOC(=O)Cc1cn2c(n1)CC(C(=O)O)CC2. The molecule has 2 rings (SSSR count). The number of fused-ring (bicyclic) bond motifs is 1. The second-order valence-corrected chi connectivity index (χ2v) is 4.35. The largest absolute Gasteiger partial charge is 0.481 e. The van der Waals surface area contributed by atoms with Crippen LogP contribution in [0, 0.1) is 5.92 Å². The minimum absolute atomic E-state index is 0.144. The smallest absolute Gasteiger partial charge is 0.311 e. The van der Waals surface area contributed by atoms with Gasteiger partial charge in [-0.2, -0.15) is 0 Å². The quantitative estimate of drug-likeness (QED) is 0.795. The average molecular weight is 252 g/mol. The molecule has 0 saturated heterocycles. The molecule has 1 aromatic heterocycles. The number of nitrogens with zero attached hydrogens (tertiary/aromatic N) is 2. The monoisotopic (exact) mass is 252 g/mol. The lowest BCUT2D eigenvalue weighted by Crippen LogP contribution is -2.25. The third kappa shape index (κ3) is 2.69. The molecule has 0 bridgehead atoms. The number of aromatic nitrogens is 2. The minimum Gasteiger partial charge on any atom is -0.481 e. The number of hydrogen-bond donors (Lipinski definition) is 1. The topological polar surface area (TPSA) is 81.4 Å². The highest BCUT2D eigenvalue weighted by Gasteiger charge is 2.26. The van der Waals surface area contributed by atoms with Crippen LogP contribution in [0.1, 0.15) is 24.9 Å². The Hall–Kier alpha value is -1.85. The molecule has 0 fully saturated rings. The lowest BCUT2D eigenvalue weighted by molar-refractivity contribution is -0.143. The highest BCUT2D eigenvalue weighted by molar-refractivity contribution is 5.72. The highest BCUT2D eigenvalue weighted by Crippen LogP contribution is 2.20. The maximum absolute atomic E-state index is 11.3. The molecule has 2 heterocycles. The van der Waals surface area contributed by atoms with Crippen molar-refractivity contribution in [1.29, 1.82) is 0 Å². The fraction of sp³-hybridized carbons (Fsp3) is 0.583. The van der Waals surface area contributed by atoms with Crippen LogP contribution in [0.25, 0.3) is 0 Å². The van der Waals surface area contributed by atoms with Crippen LogP contribution in [0.4, 0.5) is 0 Å². The predicted molar refractivity (Wildman–Crippen MR) is 62.0 cm³/mol. The van der Waals surface area contributed by atoms with Crippen LogP contribution in [-0.4, -0.2) is 33.2 Å². The third-order valence-electron chi connectivity index (χ3n) is 3.04. The number of carboxylic acid groups (broad SMARTS) is 1. The number of ether oxygens (including phenoxy) is 1. The number of carbonyl (C=O) groups is 2. The Kier molecular flexibility index (Phi) is 3.64.